The van der Waals surface area contributed by atoms with Crippen LogP contribution in [0.5, 0.6) is 5.75 Å². The molecule has 7 heteroatoms. The van der Waals surface area contributed by atoms with Crippen LogP contribution in [-0.4, -0.2) is 33.4 Å². The standard InChI is InChI=1S/C12H15F2NO3S/c13-12(14)19(16,17)11-6-2-1-5-10(11)18-9-4-3-7-15-8-9/h1-2,5-6,9,12,15H,3-4,7-8H2/t9-/m0/s1. The number of ether oxygens (including phenoxy) is 1. The molecule has 1 heterocycles. The quantitative estimate of drug-likeness (QED) is 0.919. The number of sulfone groups is 1. The summed E-state index contributed by atoms with van der Waals surface area (Å²) in [7, 11) is -4.64. The van der Waals surface area contributed by atoms with E-state index in [4.69, 9.17) is 4.74 Å². The van der Waals surface area contributed by atoms with Crippen molar-refractivity contribution in [3.05, 3.63) is 24.3 Å². The number of para-hydroxylation sites is 1. The fourth-order valence-electron chi connectivity index (χ4n) is 1.98. The minimum Gasteiger partial charge on any atom is -0.488 e. The zero-order chi connectivity index (χ0) is 13.9. The van der Waals surface area contributed by atoms with Gasteiger partial charge in [0.1, 0.15) is 16.7 Å². The average molecular weight is 291 g/mol. The van der Waals surface area contributed by atoms with Crippen LogP contribution >= 0.6 is 0 Å². The summed E-state index contributed by atoms with van der Waals surface area (Å²) in [5, 5.41) is 3.11. The summed E-state index contributed by atoms with van der Waals surface area (Å²) < 4.78 is 53.8. The molecule has 0 aromatic heterocycles. The second kappa shape index (κ2) is 5.83. The highest BCUT2D eigenvalue weighted by Gasteiger charge is 2.30. The topological polar surface area (TPSA) is 55.4 Å². The normalized spacial score (nSPS) is 20.5. The number of benzene rings is 1. The average Bonchev–Trinajstić information content (AvgIpc) is 2.40. The second-order valence-electron chi connectivity index (χ2n) is 4.34. The molecule has 0 unspecified atom stereocenters. The fourth-order valence-corrected chi connectivity index (χ4v) is 2.84. The molecule has 19 heavy (non-hydrogen) atoms. The SMILES string of the molecule is O=S(=O)(c1ccccc1O[C@H]1CCCNC1)C(F)F. The molecule has 4 nitrogen and oxygen atoms in total. The number of hydrogen-bond acceptors (Lipinski definition) is 4. The van der Waals surface area contributed by atoms with Crippen molar-refractivity contribution in [2.45, 2.75) is 29.6 Å². The van der Waals surface area contributed by atoms with Gasteiger partial charge >= 0.3 is 5.76 Å². The first kappa shape index (κ1) is 14.2. The van der Waals surface area contributed by atoms with E-state index in [1.54, 1.807) is 6.07 Å². The zero-order valence-corrected chi connectivity index (χ0v) is 11.0. The first-order valence-corrected chi connectivity index (χ1v) is 7.55. The van der Waals surface area contributed by atoms with Gasteiger partial charge in [0.2, 0.25) is 9.84 Å². The Bertz CT molecular complexity index is 528. The van der Waals surface area contributed by atoms with Crippen LogP contribution in [0.15, 0.2) is 29.2 Å². The van der Waals surface area contributed by atoms with Gasteiger partial charge < -0.3 is 10.1 Å². The van der Waals surface area contributed by atoms with Crippen molar-refractivity contribution in [3.63, 3.8) is 0 Å². The molecule has 106 valence electrons. The minimum atomic E-state index is -4.64. The van der Waals surface area contributed by atoms with Gasteiger partial charge in [0.05, 0.1) is 0 Å². The lowest BCUT2D eigenvalue weighted by Gasteiger charge is -2.24. The lowest BCUT2D eigenvalue weighted by molar-refractivity contribution is 0.162. The van der Waals surface area contributed by atoms with Gasteiger partial charge in [-0.15, -0.1) is 0 Å². The van der Waals surface area contributed by atoms with Crippen molar-refractivity contribution in [1.29, 1.82) is 0 Å². The van der Waals surface area contributed by atoms with E-state index in [1.807, 2.05) is 0 Å². The van der Waals surface area contributed by atoms with E-state index in [2.05, 4.69) is 5.32 Å². The maximum Gasteiger partial charge on any atom is 0.341 e. The maximum atomic E-state index is 12.6. The highest BCUT2D eigenvalue weighted by atomic mass is 32.2. The summed E-state index contributed by atoms with van der Waals surface area (Å²) in [6, 6.07) is 5.52. The van der Waals surface area contributed by atoms with Gasteiger partial charge in [0.15, 0.2) is 0 Å². The predicted octanol–water partition coefficient (Wildman–Crippen LogP) is 1.81. The Morgan fingerprint density at radius 1 is 1.32 bits per heavy atom. The van der Waals surface area contributed by atoms with Crippen LogP contribution in [0.4, 0.5) is 8.78 Å². The highest BCUT2D eigenvalue weighted by Crippen LogP contribution is 2.29. The van der Waals surface area contributed by atoms with Crippen molar-refractivity contribution in [2.75, 3.05) is 13.1 Å². The molecule has 2 rings (SSSR count). The van der Waals surface area contributed by atoms with Gasteiger partial charge in [-0.3, -0.25) is 0 Å². The summed E-state index contributed by atoms with van der Waals surface area (Å²) in [5.74, 6) is -3.45. The van der Waals surface area contributed by atoms with Crippen LogP contribution in [0.3, 0.4) is 0 Å². The van der Waals surface area contributed by atoms with Crippen molar-refractivity contribution < 1.29 is 21.9 Å². The molecule has 0 aliphatic carbocycles. The van der Waals surface area contributed by atoms with Gasteiger partial charge in [0.25, 0.3) is 0 Å². The molecular weight excluding hydrogens is 276 g/mol. The smallest absolute Gasteiger partial charge is 0.341 e. The van der Waals surface area contributed by atoms with Crippen LogP contribution in [0.2, 0.25) is 0 Å². The Balaban J connectivity index is 2.26. The molecule has 1 aliphatic heterocycles. The van der Waals surface area contributed by atoms with Gasteiger partial charge in [-0.1, -0.05) is 12.1 Å². The molecule has 1 saturated heterocycles. The molecule has 0 saturated carbocycles. The molecule has 0 bridgehead atoms. The molecule has 1 aromatic carbocycles. The molecule has 1 aliphatic rings. The Kier molecular flexibility index (Phi) is 4.36. The molecule has 1 aromatic rings. The third-order valence-corrected chi connectivity index (χ3v) is 4.35. The molecule has 1 N–H and O–H groups in total. The first-order valence-electron chi connectivity index (χ1n) is 6.00. The molecule has 0 amide bonds. The van der Waals surface area contributed by atoms with E-state index in [1.165, 1.54) is 12.1 Å². The van der Waals surface area contributed by atoms with Crippen molar-refractivity contribution in [3.8, 4) is 5.75 Å². The highest BCUT2D eigenvalue weighted by molar-refractivity contribution is 7.91. The summed E-state index contributed by atoms with van der Waals surface area (Å²) >= 11 is 0. The number of nitrogens with one attached hydrogen (secondary N) is 1. The number of piperidine rings is 1. The van der Waals surface area contributed by atoms with Crippen LogP contribution < -0.4 is 10.1 Å². The Morgan fingerprint density at radius 2 is 2.05 bits per heavy atom. The zero-order valence-electron chi connectivity index (χ0n) is 10.2. The number of alkyl halides is 2. The maximum absolute atomic E-state index is 12.6. The van der Waals surface area contributed by atoms with E-state index in [9.17, 15) is 17.2 Å². The van der Waals surface area contributed by atoms with Crippen molar-refractivity contribution in [2.24, 2.45) is 0 Å². The van der Waals surface area contributed by atoms with Crippen molar-refractivity contribution >= 4 is 9.84 Å². The monoisotopic (exact) mass is 291 g/mol. The molecule has 0 spiro atoms. The van der Waals surface area contributed by atoms with E-state index < -0.39 is 20.5 Å². The summed E-state index contributed by atoms with van der Waals surface area (Å²) in [6.07, 6.45) is 1.49. The van der Waals surface area contributed by atoms with Crippen LogP contribution in [0.25, 0.3) is 0 Å². The van der Waals surface area contributed by atoms with E-state index in [-0.39, 0.29) is 11.9 Å². The Hall–Kier alpha value is -1.21. The minimum absolute atomic E-state index is 0.00324. The second-order valence-corrected chi connectivity index (χ2v) is 6.22. The van der Waals surface area contributed by atoms with Gasteiger partial charge in [-0.05, 0) is 31.5 Å². The number of rotatable bonds is 4. The van der Waals surface area contributed by atoms with Crippen LogP contribution in [-0.2, 0) is 9.84 Å². The van der Waals surface area contributed by atoms with E-state index in [0.29, 0.717) is 6.54 Å². The summed E-state index contributed by atoms with van der Waals surface area (Å²) in [5.41, 5.74) is 0. The van der Waals surface area contributed by atoms with E-state index >= 15 is 0 Å². The molecule has 1 fully saturated rings. The van der Waals surface area contributed by atoms with Crippen molar-refractivity contribution in [1.82, 2.24) is 5.32 Å². The summed E-state index contributed by atoms with van der Waals surface area (Å²) in [6.45, 7) is 1.47. The third kappa shape index (κ3) is 3.22. The van der Waals surface area contributed by atoms with E-state index in [0.717, 1.165) is 25.5 Å². The molecule has 1 atom stereocenters. The van der Waals surface area contributed by atoms with Gasteiger partial charge in [-0.2, -0.15) is 8.78 Å². The summed E-state index contributed by atoms with van der Waals surface area (Å²) in [4.78, 5) is -0.449. The van der Waals surface area contributed by atoms with Gasteiger partial charge in [0, 0.05) is 6.54 Å². The number of halogens is 2. The predicted molar refractivity (Wildman–Crippen MR) is 66.2 cm³/mol. The Morgan fingerprint density at radius 3 is 2.68 bits per heavy atom. The third-order valence-electron chi connectivity index (χ3n) is 2.94. The fraction of sp³-hybridized carbons (Fsp3) is 0.500. The van der Waals surface area contributed by atoms with Crippen LogP contribution in [0, 0.1) is 0 Å². The largest absolute Gasteiger partial charge is 0.488 e. The molecular formula is C12H15F2NO3S. The lowest BCUT2D eigenvalue weighted by atomic mass is 10.1. The Labute approximate surface area is 110 Å². The lowest BCUT2D eigenvalue weighted by Crippen LogP contribution is -2.37. The van der Waals surface area contributed by atoms with Crippen LogP contribution in [0.1, 0.15) is 12.8 Å². The first-order chi connectivity index (χ1) is 9.01. The number of hydrogen-bond donors (Lipinski definition) is 1. The molecule has 0 radical (unpaired) electrons. The van der Waals surface area contributed by atoms with Gasteiger partial charge in [-0.25, -0.2) is 8.42 Å².